The highest BCUT2D eigenvalue weighted by molar-refractivity contribution is 5.54. The van der Waals surface area contributed by atoms with Crippen molar-refractivity contribution in [3.63, 3.8) is 0 Å². The van der Waals surface area contributed by atoms with Crippen molar-refractivity contribution in [2.75, 3.05) is 11.9 Å². The fourth-order valence-corrected chi connectivity index (χ4v) is 1.80. The van der Waals surface area contributed by atoms with Gasteiger partial charge in [-0.25, -0.2) is 4.98 Å². The molecule has 0 unspecified atom stereocenters. The van der Waals surface area contributed by atoms with Gasteiger partial charge in [0.15, 0.2) is 5.75 Å². The third-order valence-electron chi connectivity index (χ3n) is 2.60. The fraction of sp³-hybridized carbons (Fsp3) is 0.250. The molecule has 19 heavy (non-hydrogen) atoms. The standard InChI is InChI=1S/C12H14N6O/c1-3-13-10-8-18-5-4-14-11(18)12(16-10)19-9-6-15-17(2)7-9/h4-8,13H,3H2,1-2H3. The van der Waals surface area contributed by atoms with Crippen molar-refractivity contribution in [3.8, 4) is 11.6 Å². The Morgan fingerprint density at radius 2 is 2.26 bits per heavy atom. The molecule has 7 nitrogen and oxygen atoms in total. The van der Waals surface area contributed by atoms with E-state index in [0.29, 0.717) is 17.3 Å². The first-order chi connectivity index (χ1) is 9.26. The molecule has 3 rings (SSSR count). The molecule has 3 heterocycles. The van der Waals surface area contributed by atoms with E-state index < -0.39 is 0 Å². The van der Waals surface area contributed by atoms with Crippen LogP contribution >= 0.6 is 0 Å². The van der Waals surface area contributed by atoms with Crippen molar-refractivity contribution < 1.29 is 4.74 Å². The summed E-state index contributed by atoms with van der Waals surface area (Å²) in [6.07, 6.45) is 8.86. The van der Waals surface area contributed by atoms with E-state index in [0.717, 1.165) is 12.4 Å². The zero-order valence-corrected chi connectivity index (χ0v) is 10.7. The molecule has 7 heteroatoms. The summed E-state index contributed by atoms with van der Waals surface area (Å²) in [4.78, 5) is 8.66. The molecule has 0 bridgehead atoms. The molecule has 1 N–H and O–H groups in total. The lowest BCUT2D eigenvalue weighted by Crippen LogP contribution is -2.03. The molecule has 0 saturated heterocycles. The molecule has 0 fully saturated rings. The summed E-state index contributed by atoms with van der Waals surface area (Å²) in [6, 6.07) is 0. The molecule has 0 aromatic carbocycles. The second-order valence-electron chi connectivity index (χ2n) is 4.07. The van der Waals surface area contributed by atoms with Crippen LogP contribution < -0.4 is 10.1 Å². The monoisotopic (exact) mass is 258 g/mol. The van der Waals surface area contributed by atoms with E-state index in [9.17, 15) is 0 Å². The second-order valence-corrected chi connectivity index (χ2v) is 4.07. The molecule has 3 aromatic heterocycles. The van der Waals surface area contributed by atoms with Gasteiger partial charge in [0.1, 0.15) is 5.82 Å². The average Bonchev–Trinajstić information content (AvgIpc) is 2.99. The van der Waals surface area contributed by atoms with Gasteiger partial charge >= 0.3 is 0 Å². The van der Waals surface area contributed by atoms with Crippen LogP contribution in [0.2, 0.25) is 0 Å². The number of rotatable bonds is 4. The third kappa shape index (κ3) is 2.22. The van der Waals surface area contributed by atoms with Crippen molar-refractivity contribution >= 4 is 11.5 Å². The van der Waals surface area contributed by atoms with Gasteiger partial charge in [0.2, 0.25) is 5.65 Å². The Labute approximate surface area is 109 Å². The van der Waals surface area contributed by atoms with Gasteiger partial charge < -0.3 is 10.1 Å². The Balaban J connectivity index is 2.02. The van der Waals surface area contributed by atoms with Crippen LogP contribution in [-0.2, 0) is 7.05 Å². The Morgan fingerprint density at radius 1 is 1.37 bits per heavy atom. The Hall–Kier alpha value is -2.57. The van der Waals surface area contributed by atoms with Crippen molar-refractivity contribution in [3.05, 3.63) is 31.0 Å². The lowest BCUT2D eigenvalue weighted by atomic mass is 10.5. The van der Waals surface area contributed by atoms with Crippen molar-refractivity contribution in [1.29, 1.82) is 0 Å². The van der Waals surface area contributed by atoms with Crippen LogP contribution in [0.25, 0.3) is 5.65 Å². The number of hydrogen-bond acceptors (Lipinski definition) is 5. The maximum absolute atomic E-state index is 5.74. The SMILES string of the molecule is CCNc1cn2ccnc2c(Oc2cnn(C)c2)n1. The molecule has 0 amide bonds. The van der Waals surface area contributed by atoms with Gasteiger partial charge in [-0.15, -0.1) is 0 Å². The van der Waals surface area contributed by atoms with Crippen molar-refractivity contribution in [2.24, 2.45) is 7.05 Å². The van der Waals surface area contributed by atoms with E-state index in [-0.39, 0.29) is 0 Å². The first-order valence-corrected chi connectivity index (χ1v) is 6.00. The maximum Gasteiger partial charge on any atom is 0.265 e. The number of nitrogens with one attached hydrogen (secondary N) is 1. The highest BCUT2D eigenvalue weighted by Crippen LogP contribution is 2.24. The van der Waals surface area contributed by atoms with Gasteiger partial charge in [-0.05, 0) is 6.92 Å². The van der Waals surface area contributed by atoms with Crippen molar-refractivity contribution in [1.82, 2.24) is 24.1 Å². The Kier molecular flexibility index (Phi) is 2.79. The molecule has 98 valence electrons. The fourth-order valence-electron chi connectivity index (χ4n) is 1.80. The van der Waals surface area contributed by atoms with E-state index in [1.165, 1.54) is 0 Å². The number of ether oxygens (including phenoxy) is 1. The highest BCUT2D eigenvalue weighted by atomic mass is 16.5. The predicted octanol–water partition coefficient (Wildman–Crippen LogP) is 1.69. The van der Waals surface area contributed by atoms with Crippen LogP contribution in [-0.4, -0.2) is 30.7 Å². The molecule has 0 saturated carbocycles. The maximum atomic E-state index is 5.74. The van der Waals surface area contributed by atoms with Gasteiger partial charge in [-0.3, -0.25) is 9.08 Å². The van der Waals surface area contributed by atoms with Crippen LogP contribution in [0.15, 0.2) is 31.0 Å². The third-order valence-corrected chi connectivity index (χ3v) is 2.60. The molecule has 0 aliphatic heterocycles. The summed E-state index contributed by atoms with van der Waals surface area (Å²) in [5, 5.41) is 7.22. The summed E-state index contributed by atoms with van der Waals surface area (Å²) in [6.45, 7) is 2.81. The van der Waals surface area contributed by atoms with E-state index in [1.807, 2.05) is 30.8 Å². The number of aromatic nitrogens is 5. The largest absolute Gasteiger partial charge is 0.432 e. The minimum absolute atomic E-state index is 0.455. The van der Waals surface area contributed by atoms with Crippen LogP contribution in [0.4, 0.5) is 5.82 Å². The number of imidazole rings is 1. The molecule has 0 aliphatic rings. The molecule has 3 aromatic rings. The molecule has 0 spiro atoms. The van der Waals surface area contributed by atoms with E-state index in [4.69, 9.17) is 4.74 Å². The number of anilines is 1. The van der Waals surface area contributed by atoms with Crippen LogP contribution in [0, 0.1) is 0 Å². The van der Waals surface area contributed by atoms with Gasteiger partial charge in [0.05, 0.1) is 18.6 Å². The molecule has 0 atom stereocenters. The van der Waals surface area contributed by atoms with Gasteiger partial charge in [-0.2, -0.15) is 10.1 Å². The predicted molar refractivity (Wildman–Crippen MR) is 70.4 cm³/mol. The lowest BCUT2D eigenvalue weighted by molar-refractivity contribution is 0.465. The molecular formula is C12H14N6O. The number of hydrogen-bond donors (Lipinski definition) is 1. The molecule has 0 radical (unpaired) electrons. The average molecular weight is 258 g/mol. The summed E-state index contributed by atoms with van der Waals surface area (Å²) in [5.74, 6) is 1.83. The Morgan fingerprint density at radius 3 is 3.00 bits per heavy atom. The van der Waals surface area contributed by atoms with Crippen LogP contribution in [0.5, 0.6) is 11.6 Å². The quantitative estimate of drug-likeness (QED) is 0.771. The normalized spacial score (nSPS) is 10.8. The lowest BCUT2D eigenvalue weighted by Gasteiger charge is -2.07. The van der Waals surface area contributed by atoms with Crippen LogP contribution in [0.3, 0.4) is 0 Å². The number of nitrogens with zero attached hydrogens (tertiary/aromatic N) is 5. The number of fused-ring (bicyclic) bond motifs is 1. The topological polar surface area (TPSA) is 69.3 Å². The van der Waals surface area contributed by atoms with Gasteiger partial charge in [0, 0.05) is 26.0 Å². The Bertz CT molecular complexity index is 701. The first-order valence-electron chi connectivity index (χ1n) is 6.00. The summed E-state index contributed by atoms with van der Waals surface area (Å²) in [5.41, 5.74) is 0.672. The van der Waals surface area contributed by atoms with E-state index in [2.05, 4.69) is 20.4 Å². The summed E-state index contributed by atoms with van der Waals surface area (Å²) < 4.78 is 9.28. The summed E-state index contributed by atoms with van der Waals surface area (Å²) >= 11 is 0. The molecule has 0 aliphatic carbocycles. The number of aryl methyl sites for hydroxylation is 1. The minimum atomic E-state index is 0.455. The van der Waals surface area contributed by atoms with E-state index >= 15 is 0 Å². The zero-order chi connectivity index (χ0) is 13.2. The van der Waals surface area contributed by atoms with Crippen molar-refractivity contribution in [2.45, 2.75) is 6.92 Å². The van der Waals surface area contributed by atoms with Gasteiger partial charge in [-0.1, -0.05) is 0 Å². The highest BCUT2D eigenvalue weighted by Gasteiger charge is 2.10. The van der Waals surface area contributed by atoms with E-state index in [1.54, 1.807) is 23.3 Å². The smallest absolute Gasteiger partial charge is 0.265 e. The zero-order valence-electron chi connectivity index (χ0n) is 10.7. The van der Waals surface area contributed by atoms with Crippen LogP contribution in [0.1, 0.15) is 6.92 Å². The first kappa shape index (κ1) is 11.5. The van der Waals surface area contributed by atoms with Gasteiger partial charge in [0.25, 0.3) is 5.88 Å². The molecular weight excluding hydrogens is 244 g/mol. The minimum Gasteiger partial charge on any atom is -0.432 e. The summed E-state index contributed by atoms with van der Waals surface area (Å²) in [7, 11) is 1.83. The second kappa shape index (κ2) is 4.60.